The van der Waals surface area contributed by atoms with Crippen molar-refractivity contribution in [2.45, 2.75) is 6.23 Å². The number of morpholine rings is 1. The Balaban J connectivity index is 1.51. The summed E-state index contributed by atoms with van der Waals surface area (Å²) in [6.45, 7) is 1.98. The van der Waals surface area contributed by atoms with Crippen LogP contribution in [0.1, 0.15) is 11.1 Å². The molecule has 1 heterocycles. The lowest BCUT2D eigenvalue weighted by atomic mass is 10.0. The summed E-state index contributed by atoms with van der Waals surface area (Å²) < 4.78 is 16.3. The lowest BCUT2D eigenvalue weighted by Crippen LogP contribution is -2.47. The molecule has 1 saturated heterocycles. The van der Waals surface area contributed by atoms with Crippen molar-refractivity contribution in [3.8, 4) is 0 Å². The molecule has 0 amide bonds. The van der Waals surface area contributed by atoms with Gasteiger partial charge in [-0.05, 0) is 28.0 Å². The van der Waals surface area contributed by atoms with Crippen molar-refractivity contribution >= 4 is 28.4 Å². The minimum absolute atomic E-state index is 0.176. The third-order valence-electron chi connectivity index (χ3n) is 4.57. The Morgan fingerprint density at radius 1 is 1.29 bits per heavy atom. The molecule has 1 aliphatic carbocycles. The lowest BCUT2D eigenvalue weighted by molar-refractivity contribution is -0.168. The second kappa shape index (κ2) is 6.36. The molecule has 124 valence electrons. The average molecular weight is 325 g/mol. The SMILES string of the molecule is COC1COCCN1COC(=O)C1=Cc2cccc3cccc1c23. The molecule has 0 spiro atoms. The quantitative estimate of drug-likeness (QED) is 0.809. The van der Waals surface area contributed by atoms with Gasteiger partial charge in [0.25, 0.3) is 0 Å². The zero-order valence-electron chi connectivity index (χ0n) is 13.5. The van der Waals surface area contributed by atoms with Gasteiger partial charge in [0.1, 0.15) is 13.0 Å². The Morgan fingerprint density at radius 3 is 2.96 bits per heavy atom. The Hall–Kier alpha value is -2.21. The molecular formula is C19H19NO4. The van der Waals surface area contributed by atoms with E-state index in [4.69, 9.17) is 14.2 Å². The van der Waals surface area contributed by atoms with Crippen LogP contribution in [0.2, 0.25) is 0 Å². The highest BCUT2D eigenvalue weighted by Crippen LogP contribution is 2.36. The third kappa shape index (κ3) is 2.60. The highest BCUT2D eigenvalue weighted by molar-refractivity contribution is 6.29. The van der Waals surface area contributed by atoms with Gasteiger partial charge < -0.3 is 14.2 Å². The first-order valence-electron chi connectivity index (χ1n) is 8.03. The molecule has 5 heteroatoms. The number of rotatable bonds is 4. The van der Waals surface area contributed by atoms with Gasteiger partial charge in [0.15, 0.2) is 0 Å². The number of hydrogen-bond acceptors (Lipinski definition) is 5. The van der Waals surface area contributed by atoms with Crippen LogP contribution in [-0.4, -0.2) is 50.7 Å². The zero-order valence-corrected chi connectivity index (χ0v) is 13.5. The van der Waals surface area contributed by atoms with Crippen molar-refractivity contribution in [2.24, 2.45) is 0 Å². The van der Waals surface area contributed by atoms with E-state index in [0.29, 0.717) is 25.3 Å². The van der Waals surface area contributed by atoms with Crippen molar-refractivity contribution in [3.05, 3.63) is 47.5 Å². The van der Waals surface area contributed by atoms with Gasteiger partial charge in [-0.25, -0.2) is 9.69 Å². The van der Waals surface area contributed by atoms with Crippen LogP contribution < -0.4 is 0 Å². The van der Waals surface area contributed by atoms with Gasteiger partial charge in [0.05, 0.1) is 18.8 Å². The molecule has 1 atom stereocenters. The van der Waals surface area contributed by atoms with Gasteiger partial charge >= 0.3 is 5.97 Å². The molecule has 2 aromatic carbocycles. The van der Waals surface area contributed by atoms with E-state index in [1.807, 2.05) is 35.2 Å². The number of esters is 1. The molecule has 0 N–H and O–H groups in total. The first-order chi connectivity index (χ1) is 11.8. The van der Waals surface area contributed by atoms with Gasteiger partial charge in [-0.2, -0.15) is 0 Å². The third-order valence-corrected chi connectivity index (χ3v) is 4.57. The molecular weight excluding hydrogens is 306 g/mol. The molecule has 4 rings (SSSR count). The predicted octanol–water partition coefficient (Wildman–Crippen LogP) is 2.50. The van der Waals surface area contributed by atoms with E-state index in [-0.39, 0.29) is 18.9 Å². The van der Waals surface area contributed by atoms with Gasteiger partial charge in [0.2, 0.25) is 0 Å². The van der Waals surface area contributed by atoms with E-state index in [1.54, 1.807) is 7.11 Å². The maximum atomic E-state index is 12.6. The number of carbonyl (C=O) groups is 1. The number of hydrogen-bond donors (Lipinski definition) is 0. The summed E-state index contributed by atoms with van der Waals surface area (Å²) in [6, 6.07) is 12.1. The maximum Gasteiger partial charge on any atom is 0.340 e. The molecule has 24 heavy (non-hydrogen) atoms. The van der Waals surface area contributed by atoms with Crippen LogP contribution in [0.25, 0.3) is 22.4 Å². The molecule has 1 fully saturated rings. The summed E-state index contributed by atoms with van der Waals surface area (Å²) in [5, 5.41) is 2.25. The topological polar surface area (TPSA) is 48.0 Å². The molecule has 5 nitrogen and oxygen atoms in total. The largest absolute Gasteiger partial charge is 0.446 e. The van der Waals surface area contributed by atoms with Crippen LogP contribution in [-0.2, 0) is 19.0 Å². The molecule has 0 bridgehead atoms. The standard InChI is InChI=1S/C19H19NO4/c1-22-17-11-23-9-8-20(17)12-24-19(21)16-10-14-6-2-4-13-5-3-7-15(16)18(13)14/h2-7,10,17H,8-9,11-12H2,1H3. The van der Waals surface area contributed by atoms with Crippen LogP contribution in [0, 0.1) is 0 Å². The fraction of sp³-hybridized carbons (Fsp3) is 0.316. The summed E-state index contributed by atoms with van der Waals surface area (Å²) in [7, 11) is 1.63. The van der Waals surface area contributed by atoms with Crippen LogP contribution in [0.3, 0.4) is 0 Å². The second-order valence-corrected chi connectivity index (χ2v) is 5.95. The van der Waals surface area contributed by atoms with E-state index >= 15 is 0 Å². The highest BCUT2D eigenvalue weighted by atomic mass is 16.6. The van der Waals surface area contributed by atoms with Gasteiger partial charge in [-0.1, -0.05) is 36.4 Å². The lowest BCUT2D eigenvalue weighted by Gasteiger charge is -2.33. The smallest absolute Gasteiger partial charge is 0.340 e. The Kier molecular flexibility index (Phi) is 4.06. The summed E-state index contributed by atoms with van der Waals surface area (Å²) >= 11 is 0. The molecule has 0 saturated carbocycles. The van der Waals surface area contributed by atoms with Crippen molar-refractivity contribution in [2.75, 3.05) is 33.6 Å². The maximum absolute atomic E-state index is 12.6. The van der Waals surface area contributed by atoms with Crippen LogP contribution in [0.5, 0.6) is 0 Å². The fourth-order valence-corrected chi connectivity index (χ4v) is 3.32. The molecule has 0 radical (unpaired) electrons. The van der Waals surface area contributed by atoms with Gasteiger partial charge in [0, 0.05) is 13.7 Å². The van der Waals surface area contributed by atoms with Crippen LogP contribution in [0.4, 0.5) is 0 Å². The Bertz CT molecular complexity index is 809. The summed E-state index contributed by atoms with van der Waals surface area (Å²) in [5.41, 5.74) is 2.62. The number of benzene rings is 2. The van der Waals surface area contributed by atoms with E-state index < -0.39 is 0 Å². The summed E-state index contributed by atoms with van der Waals surface area (Å²) in [4.78, 5) is 14.6. The molecule has 2 aromatic rings. The first-order valence-corrected chi connectivity index (χ1v) is 8.03. The number of methoxy groups -OCH3 is 1. The summed E-state index contributed by atoms with van der Waals surface area (Å²) in [6.07, 6.45) is 1.73. The Labute approximate surface area is 140 Å². The molecule has 0 aromatic heterocycles. The zero-order chi connectivity index (χ0) is 16.5. The van der Waals surface area contributed by atoms with Crippen LogP contribution >= 0.6 is 0 Å². The number of ether oxygens (including phenoxy) is 3. The van der Waals surface area contributed by atoms with Crippen molar-refractivity contribution in [3.63, 3.8) is 0 Å². The van der Waals surface area contributed by atoms with Crippen LogP contribution in [0.15, 0.2) is 36.4 Å². The monoisotopic (exact) mass is 325 g/mol. The molecule has 1 aliphatic heterocycles. The van der Waals surface area contributed by atoms with Gasteiger partial charge in [-0.15, -0.1) is 0 Å². The minimum Gasteiger partial charge on any atom is -0.446 e. The van der Waals surface area contributed by atoms with E-state index in [1.165, 1.54) is 0 Å². The summed E-state index contributed by atoms with van der Waals surface area (Å²) in [5.74, 6) is -0.306. The van der Waals surface area contributed by atoms with E-state index in [9.17, 15) is 4.79 Å². The number of carbonyl (C=O) groups excluding carboxylic acids is 1. The molecule has 2 aliphatic rings. The number of nitrogens with zero attached hydrogens (tertiary/aromatic N) is 1. The van der Waals surface area contributed by atoms with Crippen molar-refractivity contribution < 1.29 is 19.0 Å². The van der Waals surface area contributed by atoms with E-state index in [0.717, 1.165) is 21.9 Å². The first kappa shape index (κ1) is 15.3. The Morgan fingerprint density at radius 2 is 2.12 bits per heavy atom. The van der Waals surface area contributed by atoms with Gasteiger partial charge in [-0.3, -0.25) is 0 Å². The minimum atomic E-state index is -0.306. The molecule has 1 unspecified atom stereocenters. The average Bonchev–Trinajstić information content (AvgIpc) is 3.01. The van der Waals surface area contributed by atoms with Crippen molar-refractivity contribution in [1.82, 2.24) is 4.90 Å². The van der Waals surface area contributed by atoms with E-state index in [2.05, 4.69) is 12.1 Å². The highest BCUT2D eigenvalue weighted by Gasteiger charge is 2.26. The predicted molar refractivity (Wildman–Crippen MR) is 91.1 cm³/mol. The normalized spacial score (nSPS) is 20.2. The van der Waals surface area contributed by atoms with Crippen molar-refractivity contribution in [1.29, 1.82) is 0 Å². The fourth-order valence-electron chi connectivity index (χ4n) is 3.32. The second-order valence-electron chi connectivity index (χ2n) is 5.95.